The molecule has 1 saturated heterocycles. The minimum atomic E-state index is -0.143. The first-order chi connectivity index (χ1) is 16.7. The van der Waals surface area contributed by atoms with E-state index >= 15 is 0 Å². The SMILES string of the molecule is CN(C)C(=O)c1cc(-c2cnc(N)c(-c3nc4cccc(N5CCCC(N)C5)c4n3C)n2)nn1C. The fraction of sp³-hybridized carbons (Fsp3) is 0.375. The number of nitrogens with two attached hydrogens (primary N) is 2. The lowest BCUT2D eigenvalue weighted by Gasteiger charge is -2.33. The van der Waals surface area contributed by atoms with Gasteiger partial charge in [0.15, 0.2) is 11.6 Å². The predicted molar refractivity (Wildman–Crippen MR) is 136 cm³/mol. The Bertz CT molecular complexity index is 1420. The van der Waals surface area contributed by atoms with E-state index < -0.39 is 0 Å². The van der Waals surface area contributed by atoms with Crippen molar-refractivity contribution in [1.29, 1.82) is 0 Å². The summed E-state index contributed by atoms with van der Waals surface area (Å²) < 4.78 is 3.55. The van der Waals surface area contributed by atoms with Crippen molar-refractivity contribution in [2.24, 2.45) is 19.8 Å². The lowest BCUT2D eigenvalue weighted by molar-refractivity contribution is 0.0817. The van der Waals surface area contributed by atoms with Crippen LogP contribution in [-0.2, 0) is 14.1 Å². The van der Waals surface area contributed by atoms with Crippen molar-refractivity contribution in [1.82, 2.24) is 34.2 Å². The second-order valence-corrected chi connectivity index (χ2v) is 9.21. The van der Waals surface area contributed by atoms with Gasteiger partial charge in [0.2, 0.25) is 0 Å². The highest BCUT2D eigenvalue weighted by Crippen LogP contribution is 2.33. The molecule has 182 valence electrons. The molecular formula is C24H30N10O. The van der Waals surface area contributed by atoms with Crippen LogP contribution in [0.4, 0.5) is 11.5 Å². The number of aromatic nitrogens is 6. The van der Waals surface area contributed by atoms with Gasteiger partial charge in [-0.1, -0.05) is 6.07 Å². The van der Waals surface area contributed by atoms with Gasteiger partial charge in [-0.25, -0.2) is 15.0 Å². The smallest absolute Gasteiger partial charge is 0.271 e. The number of hydrogen-bond donors (Lipinski definition) is 2. The minimum Gasteiger partial charge on any atom is -0.382 e. The summed E-state index contributed by atoms with van der Waals surface area (Å²) in [5.41, 5.74) is 17.4. The van der Waals surface area contributed by atoms with Gasteiger partial charge >= 0.3 is 0 Å². The number of amides is 1. The van der Waals surface area contributed by atoms with Crippen LogP contribution in [-0.4, -0.2) is 73.3 Å². The zero-order chi connectivity index (χ0) is 24.9. The van der Waals surface area contributed by atoms with E-state index in [9.17, 15) is 4.79 Å². The molecule has 4 heterocycles. The molecule has 1 fully saturated rings. The van der Waals surface area contributed by atoms with Crippen LogP contribution in [0.1, 0.15) is 23.3 Å². The van der Waals surface area contributed by atoms with Gasteiger partial charge in [0.05, 0.1) is 22.9 Å². The van der Waals surface area contributed by atoms with Gasteiger partial charge in [-0.05, 0) is 31.0 Å². The average molecular weight is 475 g/mol. The fourth-order valence-corrected chi connectivity index (χ4v) is 4.65. The Morgan fingerprint density at radius 2 is 1.97 bits per heavy atom. The van der Waals surface area contributed by atoms with Crippen LogP contribution in [0, 0.1) is 0 Å². The standard InChI is InChI=1S/C24H30N10O/c1-31(2)24(35)19-11-16(30-33(19)4)17-12-27-22(26)20(28-17)23-29-15-8-5-9-18(21(15)32(23)3)34-10-6-7-14(25)13-34/h5,8-9,11-12,14H,6-7,10,13,25H2,1-4H3,(H2,26,27). The third kappa shape index (κ3) is 3.97. The van der Waals surface area contributed by atoms with Crippen LogP contribution in [0.25, 0.3) is 33.9 Å². The Morgan fingerprint density at radius 1 is 1.17 bits per heavy atom. The summed E-state index contributed by atoms with van der Waals surface area (Å²) in [5.74, 6) is 0.741. The lowest BCUT2D eigenvalue weighted by Crippen LogP contribution is -2.43. The molecule has 1 amide bonds. The molecule has 35 heavy (non-hydrogen) atoms. The zero-order valence-electron chi connectivity index (χ0n) is 20.4. The number of nitrogens with zero attached hydrogens (tertiary/aromatic N) is 8. The summed E-state index contributed by atoms with van der Waals surface area (Å²) in [6.07, 6.45) is 3.66. The predicted octanol–water partition coefficient (Wildman–Crippen LogP) is 1.64. The number of hydrogen-bond acceptors (Lipinski definition) is 8. The molecule has 11 nitrogen and oxygen atoms in total. The molecule has 1 aliphatic rings. The maximum Gasteiger partial charge on any atom is 0.271 e. The first-order valence-electron chi connectivity index (χ1n) is 11.6. The van der Waals surface area contributed by atoms with E-state index in [1.54, 1.807) is 38.1 Å². The second-order valence-electron chi connectivity index (χ2n) is 9.21. The van der Waals surface area contributed by atoms with Gasteiger partial charge in [-0.2, -0.15) is 5.10 Å². The number of nitrogen functional groups attached to an aromatic ring is 1. The van der Waals surface area contributed by atoms with Crippen molar-refractivity contribution in [2.75, 3.05) is 37.8 Å². The lowest BCUT2D eigenvalue weighted by atomic mass is 10.1. The highest BCUT2D eigenvalue weighted by molar-refractivity contribution is 5.94. The van der Waals surface area contributed by atoms with E-state index in [0.717, 1.165) is 42.7 Å². The third-order valence-electron chi connectivity index (χ3n) is 6.45. The largest absolute Gasteiger partial charge is 0.382 e. The molecule has 3 aromatic heterocycles. The topological polar surface area (TPSA) is 137 Å². The highest BCUT2D eigenvalue weighted by Gasteiger charge is 2.24. The van der Waals surface area contributed by atoms with E-state index in [-0.39, 0.29) is 17.8 Å². The van der Waals surface area contributed by atoms with E-state index in [0.29, 0.717) is 28.6 Å². The molecule has 1 atom stereocenters. The number of fused-ring (bicyclic) bond motifs is 1. The molecule has 0 spiro atoms. The van der Waals surface area contributed by atoms with E-state index in [2.05, 4.69) is 21.0 Å². The number of carbonyl (C=O) groups is 1. The minimum absolute atomic E-state index is 0.143. The number of anilines is 2. The van der Waals surface area contributed by atoms with Crippen molar-refractivity contribution in [3.8, 4) is 22.9 Å². The number of carbonyl (C=O) groups excluding carboxylic acids is 1. The normalized spacial score (nSPS) is 16.1. The molecule has 1 aliphatic heterocycles. The molecule has 0 saturated carbocycles. The molecule has 0 aliphatic carbocycles. The monoisotopic (exact) mass is 474 g/mol. The van der Waals surface area contributed by atoms with Crippen LogP contribution in [0.3, 0.4) is 0 Å². The summed E-state index contributed by atoms with van der Waals surface area (Å²) in [6.45, 7) is 1.77. The van der Waals surface area contributed by atoms with Gasteiger partial charge < -0.3 is 25.8 Å². The number of para-hydroxylation sites is 1. The number of rotatable bonds is 4. The zero-order valence-corrected chi connectivity index (χ0v) is 20.4. The first kappa shape index (κ1) is 22.8. The Labute approximate surface area is 203 Å². The molecule has 11 heteroatoms. The quantitative estimate of drug-likeness (QED) is 0.455. The molecular weight excluding hydrogens is 444 g/mol. The van der Waals surface area contributed by atoms with Crippen molar-refractivity contribution >= 4 is 28.4 Å². The van der Waals surface area contributed by atoms with Crippen molar-refractivity contribution in [3.05, 3.63) is 36.2 Å². The van der Waals surface area contributed by atoms with Crippen LogP contribution in [0.15, 0.2) is 30.5 Å². The van der Waals surface area contributed by atoms with Crippen LogP contribution in [0.2, 0.25) is 0 Å². The van der Waals surface area contributed by atoms with Gasteiger partial charge in [0.1, 0.15) is 22.8 Å². The van der Waals surface area contributed by atoms with E-state index in [1.165, 1.54) is 4.90 Å². The maximum absolute atomic E-state index is 12.5. The summed E-state index contributed by atoms with van der Waals surface area (Å²) in [6, 6.07) is 7.97. The molecule has 1 aromatic carbocycles. The van der Waals surface area contributed by atoms with Crippen molar-refractivity contribution < 1.29 is 4.79 Å². The van der Waals surface area contributed by atoms with Gasteiger partial charge in [-0.3, -0.25) is 9.48 Å². The van der Waals surface area contributed by atoms with E-state index in [4.69, 9.17) is 21.4 Å². The van der Waals surface area contributed by atoms with Gasteiger partial charge in [0.25, 0.3) is 5.91 Å². The summed E-state index contributed by atoms with van der Waals surface area (Å²) >= 11 is 0. The number of benzene rings is 1. The molecule has 4 aromatic rings. The van der Waals surface area contributed by atoms with Crippen molar-refractivity contribution in [2.45, 2.75) is 18.9 Å². The summed E-state index contributed by atoms with van der Waals surface area (Å²) in [5, 5.41) is 4.48. The Balaban J connectivity index is 1.59. The van der Waals surface area contributed by atoms with Gasteiger partial charge in [0, 0.05) is 47.3 Å². The molecule has 0 radical (unpaired) electrons. The number of piperidine rings is 1. The molecule has 1 unspecified atom stereocenters. The average Bonchev–Trinajstić information content (AvgIpc) is 3.39. The van der Waals surface area contributed by atoms with Crippen molar-refractivity contribution in [3.63, 3.8) is 0 Å². The van der Waals surface area contributed by atoms with E-state index in [1.807, 2.05) is 23.7 Å². The summed E-state index contributed by atoms with van der Waals surface area (Å²) in [4.78, 5) is 30.3. The second kappa shape index (κ2) is 8.66. The van der Waals surface area contributed by atoms with Gasteiger partial charge in [-0.15, -0.1) is 0 Å². The highest BCUT2D eigenvalue weighted by atomic mass is 16.2. The van der Waals surface area contributed by atoms with Crippen LogP contribution < -0.4 is 16.4 Å². The number of imidazole rings is 1. The third-order valence-corrected chi connectivity index (χ3v) is 6.45. The molecule has 0 bridgehead atoms. The fourth-order valence-electron chi connectivity index (χ4n) is 4.65. The summed E-state index contributed by atoms with van der Waals surface area (Å²) in [7, 11) is 7.09. The maximum atomic E-state index is 12.5. The Morgan fingerprint density at radius 3 is 2.71 bits per heavy atom. The molecule has 4 N–H and O–H groups in total. The number of aryl methyl sites for hydroxylation is 2. The molecule has 5 rings (SSSR count). The van der Waals surface area contributed by atoms with Crippen LogP contribution in [0.5, 0.6) is 0 Å². The Kier molecular flexibility index (Phi) is 5.64. The van der Waals surface area contributed by atoms with Crippen LogP contribution >= 0.6 is 0 Å². The Hall–Kier alpha value is -3.99. The first-order valence-corrected chi connectivity index (χ1v) is 11.6.